The van der Waals surface area contributed by atoms with Crippen molar-refractivity contribution in [2.75, 3.05) is 13.2 Å². The molecule has 0 fully saturated rings. The van der Waals surface area contributed by atoms with E-state index in [2.05, 4.69) is 0 Å². The van der Waals surface area contributed by atoms with Crippen LogP contribution < -0.4 is 10.3 Å². The molecule has 1 N–H and O–H groups in total. The summed E-state index contributed by atoms with van der Waals surface area (Å²) < 4.78 is 7.01. The van der Waals surface area contributed by atoms with Crippen LogP contribution in [0, 0.1) is 0 Å². The normalized spacial score (nSPS) is 15.2. The number of ether oxygens (including phenoxy) is 1. The fraction of sp³-hybridized carbons (Fsp3) is 0.316. The zero-order chi connectivity index (χ0) is 18.4. The average Bonchev–Trinajstić information content (AvgIpc) is 3.09. The van der Waals surface area contributed by atoms with E-state index in [9.17, 15) is 19.5 Å². The number of carbonyl (C=O) groups is 2. The summed E-state index contributed by atoms with van der Waals surface area (Å²) in [6.45, 7) is 2.73. The minimum atomic E-state index is -1.25. The predicted octanol–water partition coefficient (Wildman–Crippen LogP) is 1.38. The molecule has 26 heavy (non-hydrogen) atoms. The third kappa shape index (κ3) is 2.47. The van der Waals surface area contributed by atoms with Crippen molar-refractivity contribution < 1.29 is 19.4 Å². The van der Waals surface area contributed by atoms with Gasteiger partial charge in [-0.05, 0) is 29.2 Å². The number of fused-ring (bicyclic) bond motifs is 2. The van der Waals surface area contributed by atoms with Crippen LogP contribution in [0.1, 0.15) is 34.0 Å². The molecular formula is C19H18N2O5. The highest BCUT2D eigenvalue weighted by molar-refractivity contribution is 5.90. The number of aromatic carboxylic acids is 1. The number of pyridine rings is 1. The molecule has 7 heteroatoms. The number of rotatable bonds is 2. The Morgan fingerprint density at radius 1 is 1.19 bits per heavy atom. The first-order valence-corrected chi connectivity index (χ1v) is 8.48. The summed E-state index contributed by atoms with van der Waals surface area (Å²) in [6, 6.07) is 5.51. The molecule has 0 saturated carbocycles. The van der Waals surface area contributed by atoms with Gasteiger partial charge < -0.3 is 14.7 Å². The molecule has 1 amide bonds. The topological polar surface area (TPSA) is 88.8 Å². The molecule has 0 atom stereocenters. The van der Waals surface area contributed by atoms with Crippen LogP contribution in [0.15, 0.2) is 29.2 Å². The summed E-state index contributed by atoms with van der Waals surface area (Å²) in [5.74, 6) is -0.704. The number of benzene rings is 1. The number of carboxylic acids is 1. The number of amides is 1. The Labute approximate surface area is 149 Å². The Hall–Kier alpha value is -3.09. The Balaban J connectivity index is 1.95. The maximum Gasteiger partial charge on any atom is 0.341 e. The van der Waals surface area contributed by atoms with E-state index in [0.717, 1.165) is 12.0 Å². The van der Waals surface area contributed by atoms with Crippen LogP contribution in [-0.2, 0) is 24.2 Å². The lowest BCUT2D eigenvalue weighted by atomic mass is 9.96. The van der Waals surface area contributed by atoms with Gasteiger partial charge in [0.2, 0.25) is 5.91 Å². The van der Waals surface area contributed by atoms with Gasteiger partial charge in [-0.1, -0.05) is 12.1 Å². The fourth-order valence-corrected chi connectivity index (χ4v) is 3.71. The van der Waals surface area contributed by atoms with E-state index in [0.29, 0.717) is 48.7 Å². The molecule has 2 aromatic rings. The lowest BCUT2D eigenvalue weighted by Gasteiger charge is -2.29. The highest BCUT2D eigenvalue weighted by atomic mass is 16.5. The van der Waals surface area contributed by atoms with Crippen LogP contribution in [0.2, 0.25) is 0 Å². The van der Waals surface area contributed by atoms with Gasteiger partial charge in [-0.3, -0.25) is 14.2 Å². The van der Waals surface area contributed by atoms with Gasteiger partial charge in [0.1, 0.15) is 11.3 Å². The zero-order valence-corrected chi connectivity index (χ0v) is 14.3. The lowest BCUT2D eigenvalue weighted by molar-refractivity contribution is -0.129. The second-order valence-electron chi connectivity index (χ2n) is 6.54. The molecule has 7 nitrogen and oxygen atoms in total. The molecule has 4 rings (SSSR count). The Morgan fingerprint density at radius 2 is 2.00 bits per heavy atom. The van der Waals surface area contributed by atoms with Crippen molar-refractivity contribution in [1.82, 2.24) is 9.47 Å². The van der Waals surface area contributed by atoms with Crippen molar-refractivity contribution in [2.45, 2.75) is 26.3 Å². The van der Waals surface area contributed by atoms with Crippen molar-refractivity contribution in [1.29, 1.82) is 0 Å². The maximum atomic E-state index is 12.9. The van der Waals surface area contributed by atoms with Gasteiger partial charge in [0, 0.05) is 32.6 Å². The van der Waals surface area contributed by atoms with Gasteiger partial charge in [-0.25, -0.2) is 4.79 Å². The Morgan fingerprint density at radius 3 is 2.73 bits per heavy atom. The predicted molar refractivity (Wildman–Crippen MR) is 93.0 cm³/mol. The van der Waals surface area contributed by atoms with Gasteiger partial charge in [-0.15, -0.1) is 0 Å². The van der Waals surface area contributed by atoms with Gasteiger partial charge in [0.25, 0.3) is 5.56 Å². The molecule has 2 aliphatic rings. The van der Waals surface area contributed by atoms with E-state index in [4.69, 9.17) is 4.74 Å². The molecule has 0 radical (unpaired) electrons. The second-order valence-corrected chi connectivity index (χ2v) is 6.54. The molecule has 0 aliphatic carbocycles. The maximum absolute atomic E-state index is 12.9. The van der Waals surface area contributed by atoms with Crippen LogP contribution >= 0.6 is 0 Å². The second kappa shape index (κ2) is 6.01. The molecular weight excluding hydrogens is 336 g/mol. The SMILES string of the molecule is CC(=O)N1CCc2c(cn(-c3cccc4c3OCC4)c(=O)c2C(=O)O)C1. The number of carbonyl (C=O) groups excluding carboxylic acids is 1. The first-order valence-electron chi connectivity index (χ1n) is 8.48. The first-order chi connectivity index (χ1) is 12.5. The first kappa shape index (κ1) is 16.4. The summed E-state index contributed by atoms with van der Waals surface area (Å²) >= 11 is 0. The molecule has 1 aromatic carbocycles. The van der Waals surface area contributed by atoms with Crippen molar-refractivity contribution in [3.05, 3.63) is 57.0 Å². The molecule has 134 valence electrons. The zero-order valence-electron chi connectivity index (χ0n) is 14.3. The van der Waals surface area contributed by atoms with Gasteiger partial charge in [0.15, 0.2) is 0 Å². The van der Waals surface area contributed by atoms with Gasteiger partial charge in [-0.2, -0.15) is 0 Å². The third-order valence-corrected chi connectivity index (χ3v) is 5.01. The van der Waals surface area contributed by atoms with E-state index >= 15 is 0 Å². The fourth-order valence-electron chi connectivity index (χ4n) is 3.71. The van der Waals surface area contributed by atoms with Crippen LogP contribution in [-0.4, -0.2) is 39.6 Å². The Bertz CT molecular complexity index is 992. The summed E-state index contributed by atoms with van der Waals surface area (Å²) in [7, 11) is 0. The molecule has 0 spiro atoms. The minimum Gasteiger partial charge on any atom is -0.491 e. The number of carboxylic acid groups (broad SMARTS) is 1. The van der Waals surface area contributed by atoms with E-state index in [1.807, 2.05) is 12.1 Å². The number of aromatic nitrogens is 1. The summed E-state index contributed by atoms with van der Waals surface area (Å²) in [6.07, 6.45) is 2.76. The van der Waals surface area contributed by atoms with E-state index in [-0.39, 0.29) is 11.5 Å². The molecule has 0 unspecified atom stereocenters. The van der Waals surface area contributed by atoms with Gasteiger partial charge in [0.05, 0.1) is 12.3 Å². The van der Waals surface area contributed by atoms with E-state index in [1.165, 1.54) is 11.5 Å². The lowest BCUT2D eigenvalue weighted by Crippen LogP contribution is -2.38. The Kier molecular flexibility index (Phi) is 3.79. The van der Waals surface area contributed by atoms with Crippen molar-refractivity contribution in [3.63, 3.8) is 0 Å². The summed E-state index contributed by atoms with van der Waals surface area (Å²) in [4.78, 5) is 38.1. The summed E-state index contributed by atoms with van der Waals surface area (Å²) in [5.41, 5.74) is 1.94. The van der Waals surface area contributed by atoms with Crippen LogP contribution in [0.5, 0.6) is 5.75 Å². The average molecular weight is 354 g/mol. The molecule has 0 saturated heterocycles. The van der Waals surface area contributed by atoms with Crippen LogP contribution in [0.25, 0.3) is 5.69 Å². The molecule has 2 aliphatic heterocycles. The van der Waals surface area contributed by atoms with E-state index in [1.54, 1.807) is 17.2 Å². The smallest absolute Gasteiger partial charge is 0.341 e. The highest BCUT2D eigenvalue weighted by Crippen LogP contribution is 2.32. The van der Waals surface area contributed by atoms with E-state index < -0.39 is 11.5 Å². The monoisotopic (exact) mass is 354 g/mol. The van der Waals surface area contributed by atoms with Crippen LogP contribution in [0.4, 0.5) is 0 Å². The molecule has 1 aromatic heterocycles. The number of nitrogens with zero attached hydrogens (tertiary/aromatic N) is 2. The summed E-state index contributed by atoms with van der Waals surface area (Å²) in [5, 5.41) is 9.64. The largest absolute Gasteiger partial charge is 0.491 e. The highest BCUT2D eigenvalue weighted by Gasteiger charge is 2.28. The minimum absolute atomic E-state index is 0.0748. The number of hydrogen-bond donors (Lipinski definition) is 1. The van der Waals surface area contributed by atoms with Gasteiger partial charge >= 0.3 is 5.97 Å². The number of hydrogen-bond acceptors (Lipinski definition) is 4. The number of para-hydroxylation sites is 1. The van der Waals surface area contributed by atoms with Crippen molar-refractivity contribution in [2.24, 2.45) is 0 Å². The standard InChI is InChI=1S/C19H18N2O5/c1-11(22)20-7-5-14-13(9-20)10-21(18(23)16(14)19(24)25)15-4-2-3-12-6-8-26-17(12)15/h2-4,10H,5-9H2,1H3,(H,24,25). The molecule has 3 heterocycles. The van der Waals surface area contributed by atoms with Crippen molar-refractivity contribution in [3.8, 4) is 11.4 Å². The van der Waals surface area contributed by atoms with Crippen LogP contribution in [0.3, 0.4) is 0 Å². The van der Waals surface area contributed by atoms with Crippen molar-refractivity contribution >= 4 is 11.9 Å². The third-order valence-electron chi connectivity index (χ3n) is 5.01. The molecule has 0 bridgehead atoms. The quantitative estimate of drug-likeness (QED) is 0.880.